The molecule has 0 saturated heterocycles. The predicted molar refractivity (Wildman–Crippen MR) is 111 cm³/mol. The zero-order chi connectivity index (χ0) is 22.7. The van der Waals surface area contributed by atoms with E-state index in [1.165, 1.54) is 7.05 Å². The normalized spacial score (nSPS) is 12.1. The number of guanidine groups is 1. The smallest absolute Gasteiger partial charge is 0.379 e. The van der Waals surface area contributed by atoms with E-state index in [1.807, 2.05) is 31.2 Å². The molecule has 0 unspecified atom stereocenters. The summed E-state index contributed by atoms with van der Waals surface area (Å²) in [6.07, 6.45) is -4.64. The molecule has 9 heteroatoms. The second-order valence-corrected chi connectivity index (χ2v) is 6.65. The number of nitrogens with zero attached hydrogens (tertiary/aromatic N) is 1. The summed E-state index contributed by atoms with van der Waals surface area (Å²) in [5.74, 6) is -0.601. The number of ether oxygens (including phenoxy) is 2. The molecule has 0 atom stereocenters. The summed E-state index contributed by atoms with van der Waals surface area (Å²) in [7, 11) is 1.52. The number of aliphatic imine (C=N–C) groups is 1. The maximum atomic E-state index is 13.2. The monoisotopic (exact) mass is 441 g/mol. The van der Waals surface area contributed by atoms with Crippen LogP contribution in [0.4, 0.5) is 17.6 Å². The lowest BCUT2D eigenvalue weighted by molar-refractivity contribution is -0.138. The molecule has 0 saturated carbocycles. The van der Waals surface area contributed by atoms with Crippen molar-refractivity contribution in [3.8, 4) is 0 Å². The molecule has 0 fully saturated rings. The van der Waals surface area contributed by atoms with E-state index in [9.17, 15) is 17.6 Å². The molecule has 5 nitrogen and oxygen atoms in total. The quantitative estimate of drug-likeness (QED) is 0.250. The highest BCUT2D eigenvalue weighted by Crippen LogP contribution is 2.32. The molecule has 2 aromatic rings. The highest BCUT2D eigenvalue weighted by atomic mass is 19.4. The number of hydrogen-bond donors (Lipinski definition) is 2. The molecule has 0 aliphatic rings. The molecule has 2 N–H and O–H groups in total. The lowest BCUT2D eigenvalue weighted by Gasteiger charge is -2.16. The fourth-order valence-electron chi connectivity index (χ4n) is 2.83. The van der Waals surface area contributed by atoms with Crippen LogP contribution in [0.3, 0.4) is 0 Å². The van der Waals surface area contributed by atoms with Gasteiger partial charge in [0.25, 0.3) is 0 Å². The van der Waals surface area contributed by atoms with E-state index < -0.39 is 17.6 Å². The average molecular weight is 441 g/mol. The van der Waals surface area contributed by atoms with E-state index in [0.717, 1.165) is 23.3 Å². The van der Waals surface area contributed by atoms with Gasteiger partial charge in [-0.15, -0.1) is 0 Å². The third-order valence-electron chi connectivity index (χ3n) is 4.34. The Labute approximate surface area is 179 Å². The van der Waals surface area contributed by atoms with Crippen LogP contribution in [0, 0.1) is 5.82 Å². The highest BCUT2D eigenvalue weighted by Gasteiger charge is 2.33. The molecule has 2 rings (SSSR count). The lowest BCUT2D eigenvalue weighted by Crippen LogP contribution is -2.36. The third kappa shape index (κ3) is 8.55. The second kappa shape index (κ2) is 12.3. The molecule has 0 amide bonds. The first-order chi connectivity index (χ1) is 14.8. The Morgan fingerprint density at radius 3 is 2.39 bits per heavy atom. The summed E-state index contributed by atoms with van der Waals surface area (Å²) in [6.45, 7) is 4.36. The van der Waals surface area contributed by atoms with Crippen molar-refractivity contribution in [1.82, 2.24) is 10.6 Å². The minimum absolute atomic E-state index is 0.0666. The van der Waals surface area contributed by atoms with Crippen molar-refractivity contribution in [2.45, 2.75) is 32.8 Å². The fourth-order valence-corrected chi connectivity index (χ4v) is 2.83. The van der Waals surface area contributed by atoms with Gasteiger partial charge in [0.2, 0.25) is 0 Å². The van der Waals surface area contributed by atoms with E-state index in [4.69, 9.17) is 9.47 Å². The van der Waals surface area contributed by atoms with Crippen molar-refractivity contribution in [3.63, 3.8) is 0 Å². The van der Waals surface area contributed by atoms with Crippen molar-refractivity contribution in [2.24, 2.45) is 4.99 Å². The molecule has 0 radical (unpaired) electrons. The minimum atomic E-state index is -4.64. The van der Waals surface area contributed by atoms with E-state index in [-0.39, 0.29) is 12.1 Å². The van der Waals surface area contributed by atoms with Crippen molar-refractivity contribution in [2.75, 3.05) is 26.9 Å². The van der Waals surface area contributed by atoms with E-state index >= 15 is 0 Å². The molecule has 0 heterocycles. The Morgan fingerprint density at radius 1 is 0.968 bits per heavy atom. The molecule has 2 aromatic carbocycles. The Morgan fingerprint density at radius 2 is 1.68 bits per heavy atom. The summed E-state index contributed by atoms with van der Waals surface area (Å²) < 4.78 is 63.4. The van der Waals surface area contributed by atoms with Crippen molar-refractivity contribution in [3.05, 3.63) is 70.5 Å². The Balaban J connectivity index is 1.89. The maximum absolute atomic E-state index is 13.2. The van der Waals surface area contributed by atoms with Gasteiger partial charge in [-0.2, -0.15) is 13.2 Å². The first-order valence-corrected chi connectivity index (χ1v) is 9.87. The predicted octanol–water partition coefficient (Wildman–Crippen LogP) is 4.26. The average Bonchev–Trinajstić information content (AvgIpc) is 2.74. The molecule has 0 aliphatic heterocycles. The standard InChI is InChI=1S/C22H27F4N3O2/c1-3-30-9-10-31-15-17-6-4-5-16(11-17)13-28-21(27-2)29-14-18-7-8-19(23)12-20(18)22(24,25)26/h4-8,11-12H,3,9-10,13-15H2,1-2H3,(H2,27,28,29). The summed E-state index contributed by atoms with van der Waals surface area (Å²) in [5, 5.41) is 5.89. The van der Waals surface area contributed by atoms with Gasteiger partial charge in [0.05, 0.1) is 25.4 Å². The minimum Gasteiger partial charge on any atom is -0.379 e. The molecular formula is C22H27F4N3O2. The van der Waals surface area contributed by atoms with Crippen LogP contribution >= 0.6 is 0 Å². The topological polar surface area (TPSA) is 54.9 Å². The molecule has 170 valence electrons. The molecule has 0 aromatic heterocycles. The van der Waals surface area contributed by atoms with Crippen LogP contribution in [0.15, 0.2) is 47.5 Å². The summed E-state index contributed by atoms with van der Waals surface area (Å²) in [4.78, 5) is 4.03. The fraction of sp³-hybridized carbons (Fsp3) is 0.409. The number of hydrogen-bond acceptors (Lipinski definition) is 3. The SMILES string of the molecule is CCOCCOCc1cccc(CNC(=NC)NCc2ccc(F)cc2C(F)(F)F)c1. The Kier molecular flexibility index (Phi) is 9.74. The number of benzene rings is 2. The van der Waals surface area contributed by atoms with E-state index in [0.29, 0.717) is 45.0 Å². The van der Waals surface area contributed by atoms with Gasteiger partial charge in [0, 0.05) is 26.7 Å². The van der Waals surface area contributed by atoms with E-state index in [1.54, 1.807) is 0 Å². The van der Waals surface area contributed by atoms with Crippen LogP contribution in [0.2, 0.25) is 0 Å². The van der Waals surface area contributed by atoms with E-state index in [2.05, 4.69) is 15.6 Å². The lowest BCUT2D eigenvalue weighted by atomic mass is 10.1. The number of nitrogens with one attached hydrogen (secondary N) is 2. The van der Waals surface area contributed by atoms with Crippen molar-refractivity contribution in [1.29, 1.82) is 0 Å². The maximum Gasteiger partial charge on any atom is 0.416 e. The number of alkyl halides is 3. The Bertz CT molecular complexity index is 857. The number of rotatable bonds is 10. The highest BCUT2D eigenvalue weighted by molar-refractivity contribution is 5.79. The molecular weight excluding hydrogens is 414 g/mol. The van der Waals surface area contributed by atoms with Gasteiger partial charge >= 0.3 is 6.18 Å². The van der Waals surface area contributed by atoms with Gasteiger partial charge in [0.15, 0.2) is 5.96 Å². The van der Waals surface area contributed by atoms with Gasteiger partial charge in [-0.05, 0) is 35.7 Å². The molecule has 0 bridgehead atoms. The Hall–Kier alpha value is -2.65. The largest absolute Gasteiger partial charge is 0.416 e. The van der Waals surface area contributed by atoms with Gasteiger partial charge < -0.3 is 20.1 Å². The van der Waals surface area contributed by atoms with Crippen molar-refractivity contribution >= 4 is 5.96 Å². The molecule has 31 heavy (non-hydrogen) atoms. The first kappa shape index (κ1) is 24.6. The number of halogens is 4. The van der Waals surface area contributed by atoms with Gasteiger partial charge in [-0.1, -0.05) is 30.3 Å². The van der Waals surface area contributed by atoms with Crippen LogP contribution in [0.1, 0.15) is 29.2 Å². The third-order valence-corrected chi connectivity index (χ3v) is 4.34. The zero-order valence-corrected chi connectivity index (χ0v) is 17.6. The first-order valence-electron chi connectivity index (χ1n) is 9.87. The zero-order valence-electron chi connectivity index (χ0n) is 17.6. The summed E-state index contributed by atoms with van der Waals surface area (Å²) in [6, 6.07) is 10.4. The van der Waals surface area contributed by atoms with Crippen LogP contribution in [-0.2, 0) is 35.3 Å². The summed E-state index contributed by atoms with van der Waals surface area (Å²) in [5.41, 5.74) is 0.891. The van der Waals surface area contributed by atoms with Crippen molar-refractivity contribution < 1.29 is 27.0 Å². The van der Waals surface area contributed by atoms with Crippen LogP contribution < -0.4 is 10.6 Å². The summed E-state index contributed by atoms with van der Waals surface area (Å²) >= 11 is 0. The van der Waals surface area contributed by atoms with Gasteiger partial charge in [-0.25, -0.2) is 4.39 Å². The second-order valence-electron chi connectivity index (χ2n) is 6.65. The molecule has 0 spiro atoms. The van der Waals surface area contributed by atoms with Gasteiger partial charge in [0.1, 0.15) is 5.82 Å². The van der Waals surface area contributed by atoms with Gasteiger partial charge in [-0.3, -0.25) is 4.99 Å². The van der Waals surface area contributed by atoms with Crippen LogP contribution in [-0.4, -0.2) is 32.8 Å². The van der Waals surface area contributed by atoms with Crippen LogP contribution in [0.25, 0.3) is 0 Å². The molecule has 0 aliphatic carbocycles. The van der Waals surface area contributed by atoms with Crippen LogP contribution in [0.5, 0.6) is 0 Å².